The molecule has 1 heterocycles. The van der Waals surface area contributed by atoms with Gasteiger partial charge in [0, 0.05) is 18.7 Å². The summed E-state index contributed by atoms with van der Waals surface area (Å²) in [5.41, 5.74) is 1.21. The molecule has 5 heteroatoms. The van der Waals surface area contributed by atoms with Crippen LogP contribution >= 0.6 is 0 Å². The fourth-order valence-corrected chi connectivity index (χ4v) is 3.99. The van der Waals surface area contributed by atoms with Gasteiger partial charge in [0.2, 0.25) is 5.91 Å². The number of benzene rings is 2. The second-order valence-corrected chi connectivity index (χ2v) is 7.86. The largest absolute Gasteiger partial charge is 0.491 e. The van der Waals surface area contributed by atoms with E-state index in [4.69, 9.17) is 4.74 Å². The molecular weight excluding hydrogens is 343 g/mol. The van der Waals surface area contributed by atoms with Crippen LogP contribution < -0.4 is 4.74 Å². The summed E-state index contributed by atoms with van der Waals surface area (Å²) in [5, 5.41) is 0. The fraction of sp³-hybridized carbons (Fsp3) is 0.409. The average molecular weight is 368 g/mol. The van der Waals surface area contributed by atoms with E-state index < -0.39 is 5.41 Å². The molecule has 0 unspecified atom stereocenters. The minimum absolute atomic E-state index is 0.0501. The molecule has 1 atom stereocenters. The van der Waals surface area contributed by atoms with Crippen LogP contribution in [0.2, 0.25) is 0 Å². The first kappa shape index (κ1) is 18.0. The quantitative estimate of drug-likeness (QED) is 0.831. The molecule has 2 aromatic rings. The summed E-state index contributed by atoms with van der Waals surface area (Å²) < 4.78 is 19.8. The number of halogens is 1. The zero-order chi connectivity index (χ0) is 19.0. The molecule has 27 heavy (non-hydrogen) atoms. The van der Waals surface area contributed by atoms with Crippen molar-refractivity contribution < 1.29 is 13.9 Å². The van der Waals surface area contributed by atoms with E-state index in [1.54, 1.807) is 6.07 Å². The van der Waals surface area contributed by atoms with Gasteiger partial charge in [0.1, 0.15) is 18.2 Å². The Morgan fingerprint density at radius 3 is 2.70 bits per heavy atom. The number of carbonyl (C=O) groups excluding carboxylic acids is 1. The van der Waals surface area contributed by atoms with Gasteiger partial charge in [-0.05, 0) is 50.7 Å². The summed E-state index contributed by atoms with van der Waals surface area (Å²) in [6.07, 6.45) is 1.53. The summed E-state index contributed by atoms with van der Waals surface area (Å²) in [6.45, 7) is 1.70. The van der Waals surface area contributed by atoms with Crippen LogP contribution in [0.3, 0.4) is 0 Å². The van der Waals surface area contributed by atoms with Crippen LogP contribution in [-0.4, -0.2) is 49.0 Å². The van der Waals surface area contributed by atoms with Gasteiger partial charge in [-0.2, -0.15) is 0 Å². The third-order valence-corrected chi connectivity index (χ3v) is 5.56. The second kappa shape index (κ2) is 6.97. The van der Waals surface area contributed by atoms with Crippen LogP contribution in [-0.2, 0) is 16.8 Å². The van der Waals surface area contributed by atoms with Crippen LogP contribution in [0.1, 0.15) is 24.0 Å². The number of rotatable bonds is 4. The number of ether oxygens (including phenoxy) is 1. The molecule has 4 nitrogen and oxygen atoms in total. The minimum Gasteiger partial charge on any atom is -0.491 e. The number of carbonyl (C=O) groups is 1. The standard InChI is InChI=1S/C22H25FN2O2/c1-24(2)14-19-15-27-20-9-4-3-6-16(20)13-25(19)21(26)22(10-11-22)17-7-5-8-18(23)12-17/h3-9,12,19H,10-11,13-15H2,1-2H3/t19-/m0/s1. The van der Waals surface area contributed by atoms with Gasteiger partial charge < -0.3 is 14.5 Å². The first-order valence-electron chi connectivity index (χ1n) is 9.42. The molecule has 1 amide bonds. The topological polar surface area (TPSA) is 32.8 Å². The molecule has 2 aromatic carbocycles. The van der Waals surface area contributed by atoms with E-state index in [9.17, 15) is 9.18 Å². The monoisotopic (exact) mass is 368 g/mol. The van der Waals surface area contributed by atoms with Crippen molar-refractivity contribution >= 4 is 5.91 Å². The normalized spacial score (nSPS) is 20.6. The summed E-state index contributed by atoms with van der Waals surface area (Å²) in [5.74, 6) is 0.633. The van der Waals surface area contributed by atoms with E-state index in [-0.39, 0.29) is 17.8 Å². The van der Waals surface area contributed by atoms with Crippen LogP contribution in [0.15, 0.2) is 48.5 Å². The highest BCUT2D eigenvalue weighted by atomic mass is 19.1. The van der Waals surface area contributed by atoms with Gasteiger partial charge in [-0.3, -0.25) is 4.79 Å². The molecule has 1 saturated carbocycles. The number of para-hydroxylation sites is 1. The third kappa shape index (κ3) is 3.44. The molecule has 4 rings (SSSR count). The molecule has 0 N–H and O–H groups in total. The smallest absolute Gasteiger partial charge is 0.233 e. The van der Waals surface area contributed by atoms with Gasteiger partial charge in [0.05, 0.1) is 11.5 Å². The fourth-order valence-electron chi connectivity index (χ4n) is 3.99. The number of likely N-dealkylation sites (N-methyl/N-ethyl adjacent to an activating group) is 1. The molecule has 1 aliphatic carbocycles. The summed E-state index contributed by atoms with van der Waals surface area (Å²) >= 11 is 0. The lowest BCUT2D eigenvalue weighted by molar-refractivity contribution is -0.137. The Morgan fingerprint density at radius 2 is 2.00 bits per heavy atom. The van der Waals surface area contributed by atoms with Crippen molar-refractivity contribution in [3.05, 3.63) is 65.5 Å². The Bertz CT molecular complexity index is 848. The summed E-state index contributed by atoms with van der Waals surface area (Å²) in [6, 6.07) is 14.3. The lowest BCUT2D eigenvalue weighted by Crippen LogP contribution is -2.50. The van der Waals surface area contributed by atoms with Crippen LogP contribution in [0.4, 0.5) is 4.39 Å². The Morgan fingerprint density at radius 1 is 1.22 bits per heavy atom. The van der Waals surface area contributed by atoms with Gasteiger partial charge >= 0.3 is 0 Å². The van der Waals surface area contributed by atoms with Gasteiger partial charge in [-0.15, -0.1) is 0 Å². The van der Waals surface area contributed by atoms with Crippen molar-refractivity contribution in [2.45, 2.75) is 30.8 Å². The van der Waals surface area contributed by atoms with Gasteiger partial charge in [-0.1, -0.05) is 30.3 Å². The zero-order valence-electron chi connectivity index (χ0n) is 15.8. The molecule has 0 saturated heterocycles. The predicted octanol–water partition coefficient (Wildman–Crippen LogP) is 3.21. The van der Waals surface area contributed by atoms with Crippen molar-refractivity contribution in [1.82, 2.24) is 9.80 Å². The molecule has 142 valence electrons. The first-order valence-corrected chi connectivity index (χ1v) is 9.42. The van der Waals surface area contributed by atoms with E-state index >= 15 is 0 Å². The third-order valence-electron chi connectivity index (χ3n) is 5.56. The Hall–Kier alpha value is -2.40. The second-order valence-electron chi connectivity index (χ2n) is 7.86. The highest BCUT2D eigenvalue weighted by Crippen LogP contribution is 2.50. The van der Waals surface area contributed by atoms with E-state index in [1.807, 2.05) is 49.3 Å². The van der Waals surface area contributed by atoms with E-state index in [2.05, 4.69) is 4.90 Å². The molecule has 2 aliphatic rings. The highest BCUT2D eigenvalue weighted by Gasteiger charge is 2.54. The van der Waals surface area contributed by atoms with E-state index in [1.165, 1.54) is 12.1 Å². The van der Waals surface area contributed by atoms with Gasteiger partial charge in [-0.25, -0.2) is 4.39 Å². The maximum Gasteiger partial charge on any atom is 0.233 e. The SMILES string of the molecule is CN(C)C[C@H]1COc2ccccc2CN1C(=O)C1(c2cccc(F)c2)CC1. The number of nitrogens with zero attached hydrogens (tertiary/aromatic N) is 2. The van der Waals surface area contributed by atoms with Crippen molar-refractivity contribution in [2.75, 3.05) is 27.2 Å². The van der Waals surface area contributed by atoms with Crippen LogP contribution in [0.5, 0.6) is 5.75 Å². The van der Waals surface area contributed by atoms with Gasteiger partial charge in [0.25, 0.3) is 0 Å². The van der Waals surface area contributed by atoms with Crippen molar-refractivity contribution in [3.8, 4) is 5.75 Å². The predicted molar refractivity (Wildman–Crippen MR) is 102 cm³/mol. The Labute approximate surface area is 159 Å². The Balaban J connectivity index is 1.68. The minimum atomic E-state index is -0.591. The molecule has 0 bridgehead atoms. The number of hydrogen-bond donors (Lipinski definition) is 0. The highest BCUT2D eigenvalue weighted by molar-refractivity contribution is 5.91. The Kier molecular flexibility index (Phi) is 4.64. The van der Waals surface area contributed by atoms with Crippen LogP contribution in [0.25, 0.3) is 0 Å². The van der Waals surface area contributed by atoms with Crippen molar-refractivity contribution in [1.29, 1.82) is 0 Å². The lowest BCUT2D eigenvalue weighted by Gasteiger charge is -2.34. The summed E-state index contributed by atoms with van der Waals surface area (Å²) in [4.78, 5) is 17.7. The van der Waals surface area contributed by atoms with E-state index in [0.717, 1.165) is 36.3 Å². The number of fused-ring (bicyclic) bond motifs is 1. The van der Waals surface area contributed by atoms with Crippen molar-refractivity contribution in [2.24, 2.45) is 0 Å². The van der Waals surface area contributed by atoms with Crippen LogP contribution in [0, 0.1) is 5.82 Å². The first-order chi connectivity index (χ1) is 13.0. The molecule has 1 fully saturated rings. The van der Waals surface area contributed by atoms with Gasteiger partial charge in [0.15, 0.2) is 0 Å². The van der Waals surface area contributed by atoms with E-state index in [0.29, 0.717) is 13.2 Å². The molecule has 1 aliphatic heterocycles. The van der Waals surface area contributed by atoms with Crippen molar-refractivity contribution in [3.63, 3.8) is 0 Å². The molecule has 0 radical (unpaired) electrons. The maximum atomic E-state index is 13.8. The number of amides is 1. The average Bonchev–Trinajstić information content (AvgIpc) is 3.46. The number of hydrogen-bond acceptors (Lipinski definition) is 3. The summed E-state index contributed by atoms with van der Waals surface area (Å²) in [7, 11) is 4.00. The molecule has 0 aromatic heterocycles. The lowest BCUT2D eigenvalue weighted by atomic mass is 9.93. The maximum absolute atomic E-state index is 13.8. The molecule has 0 spiro atoms. The molecular formula is C22H25FN2O2. The zero-order valence-corrected chi connectivity index (χ0v) is 15.8.